The van der Waals surface area contributed by atoms with Gasteiger partial charge in [0.1, 0.15) is 6.29 Å². The zero-order valence-corrected chi connectivity index (χ0v) is 9.50. The molecule has 1 fully saturated rings. The third-order valence-corrected chi connectivity index (χ3v) is 3.87. The fourth-order valence-electron chi connectivity index (χ4n) is 2.99. The lowest BCUT2D eigenvalue weighted by molar-refractivity contribution is -0.111. The van der Waals surface area contributed by atoms with Gasteiger partial charge in [-0.1, -0.05) is 12.8 Å². The van der Waals surface area contributed by atoms with Crippen molar-refractivity contribution in [2.24, 2.45) is 11.8 Å². The summed E-state index contributed by atoms with van der Waals surface area (Å²) in [6, 6.07) is 0. The molecule has 2 nitrogen and oxygen atoms in total. The first-order chi connectivity index (χ1) is 7.35. The van der Waals surface area contributed by atoms with Crippen molar-refractivity contribution in [3.63, 3.8) is 0 Å². The average molecular weight is 208 g/mol. The van der Waals surface area contributed by atoms with Gasteiger partial charge in [-0.05, 0) is 37.2 Å². The number of hydrogen-bond acceptors (Lipinski definition) is 2. The molecule has 0 bridgehead atoms. The molecule has 0 aliphatic heterocycles. The number of ether oxygens (including phenoxy) is 1. The molecular formula is C13H20O2. The molecular weight excluding hydrogens is 188 g/mol. The van der Waals surface area contributed by atoms with Crippen molar-refractivity contribution in [2.75, 3.05) is 7.11 Å². The first-order valence-corrected chi connectivity index (χ1v) is 6.06. The predicted octanol–water partition coefficient (Wildman–Crippen LogP) is 3.08. The normalized spacial score (nSPS) is 28.2. The van der Waals surface area contributed by atoms with E-state index in [0.29, 0.717) is 5.92 Å². The molecule has 0 aromatic carbocycles. The molecule has 0 amide bonds. The Balaban J connectivity index is 2.14. The number of allylic oxidation sites excluding steroid dienone is 2. The summed E-state index contributed by atoms with van der Waals surface area (Å²) in [4.78, 5) is 10.9. The maximum Gasteiger partial charge on any atom is 0.123 e. The van der Waals surface area contributed by atoms with Gasteiger partial charge in [0.25, 0.3) is 0 Å². The van der Waals surface area contributed by atoms with Crippen LogP contribution in [0.2, 0.25) is 0 Å². The van der Waals surface area contributed by atoms with Crippen molar-refractivity contribution < 1.29 is 9.53 Å². The lowest BCUT2D eigenvalue weighted by Gasteiger charge is -2.26. The Kier molecular flexibility index (Phi) is 3.45. The molecule has 1 saturated carbocycles. The summed E-state index contributed by atoms with van der Waals surface area (Å²) < 4.78 is 5.47. The molecule has 15 heavy (non-hydrogen) atoms. The Morgan fingerprint density at radius 3 is 2.60 bits per heavy atom. The molecule has 0 heterocycles. The van der Waals surface area contributed by atoms with Crippen LogP contribution in [0.15, 0.2) is 11.3 Å². The van der Waals surface area contributed by atoms with E-state index in [2.05, 4.69) is 0 Å². The van der Waals surface area contributed by atoms with Gasteiger partial charge in [0, 0.05) is 12.3 Å². The third-order valence-electron chi connectivity index (χ3n) is 3.87. The Morgan fingerprint density at radius 1 is 1.27 bits per heavy atom. The second-order valence-electron chi connectivity index (χ2n) is 4.77. The molecule has 0 aromatic heterocycles. The highest BCUT2D eigenvalue weighted by Crippen LogP contribution is 2.40. The zero-order valence-electron chi connectivity index (χ0n) is 9.50. The Labute approximate surface area is 91.7 Å². The van der Waals surface area contributed by atoms with Gasteiger partial charge in [-0.2, -0.15) is 0 Å². The highest BCUT2D eigenvalue weighted by molar-refractivity contribution is 5.55. The first kappa shape index (κ1) is 10.7. The Hall–Kier alpha value is -0.790. The van der Waals surface area contributed by atoms with Crippen molar-refractivity contribution in [1.29, 1.82) is 0 Å². The van der Waals surface area contributed by atoms with Crippen LogP contribution in [0.3, 0.4) is 0 Å². The number of carbonyl (C=O) groups excluding carboxylic acids is 1. The minimum atomic E-state index is 0.250. The fraction of sp³-hybridized carbons (Fsp3) is 0.769. The maximum atomic E-state index is 10.9. The summed E-state index contributed by atoms with van der Waals surface area (Å²) in [5, 5.41) is 0. The second-order valence-corrected chi connectivity index (χ2v) is 4.77. The van der Waals surface area contributed by atoms with E-state index in [-0.39, 0.29) is 5.92 Å². The van der Waals surface area contributed by atoms with Crippen molar-refractivity contribution in [2.45, 2.75) is 44.9 Å². The van der Waals surface area contributed by atoms with Crippen LogP contribution in [0.5, 0.6) is 0 Å². The smallest absolute Gasteiger partial charge is 0.123 e. The SMILES string of the molecule is COC1=C(C2CCCC2)CC(C=O)CC1. The van der Waals surface area contributed by atoms with E-state index in [4.69, 9.17) is 4.74 Å². The zero-order chi connectivity index (χ0) is 10.7. The summed E-state index contributed by atoms with van der Waals surface area (Å²) >= 11 is 0. The van der Waals surface area contributed by atoms with E-state index in [1.807, 2.05) is 0 Å². The number of aldehydes is 1. The predicted molar refractivity (Wildman–Crippen MR) is 59.4 cm³/mol. The van der Waals surface area contributed by atoms with Crippen LogP contribution in [-0.4, -0.2) is 13.4 Å². The molecule has 1 unspecified atom stereocenters. The van der Waals surface area contributed by atoms with Crippen LogP contribution in [0.1, 0.15) is 44.9 Å². The molecule has 1 atom stereocenters. The van der Waals surface area contributed by atoms with Crippen LogP contribution >= 0.6 is 0 Å². The summed E-state index contributed by atoms with van der Waals surface area (Å²) in [6.45, 7) is 0. The van der Waals surface area contributed by atoms with Crippen LogP contribution in [-0.2, 0) is 9.53 Å². The maximum absolute atomic E-state index is 10.9. The van der Waals surface area contributed by atoms with Crippen molar-refractivity contribution in [1.82, 2.24) is 0 Å². The highest BCUT2D eigenvalue weighted by atomic mass is 16.5. The molecule has 2 heteroatoms. The van der Waals surface area contributed by atoms with Crippen LogP contribution < -0.4 is 0 Å². The van der Waals surface area contributed by atoms with Crippen molar-refractivity contribution >= 4 is 6.29 Å². The van der Waals surface area contributed by atoms with E-state index >= 15 is 0 Å². The molecule has 0 saturated heterocycles. The van der Waals surface area contributed by atoms with Crippen molar-refractivity contribution in [3.8, 4) is 0 Å². The van der Waals surface area contributed by atoms with Crippen LogP contribution in [0, 0.1) is 11.8 Å². The van der Waals surface area contributed by atoms with Crippen molar-refractivity contribution in [3.05, 3.63) is 11.3 Å². The topological polar surface area (TPSA) is 26.3 Å². The van der Waals surface area contributed by atoms with E-state index in [1.165, 1.54) is 37.0 Å². The quantitative estimate of drug-likeness (QED) is 0.666. The number of carbonyl (C=O) groups is 1. The fourth-order valence-corrected chi connectivity index (χ4v) is 2.99. The van der Waals surface area contributed by atoms with Crippen LogP contribution in [0.4, 0.5) is 0 Å². The minimum Gasteiger partial charge on any atom is -0.501 e. The second kappa shape index (κ2) is 4.82. The summed E-state index contributed by atoms with van der Waals surface area (Å²) in [5.41, 5.74) is 1.46. The number of hydrogen-bond donors (Lipinski definition) is 0. The summed E-state index contributed by atoms with van der Waals surface area (Å²) in [6.07, 6.45) is 9.31. The molecule has 0 aromatic rings. The molecule has 84 valence electrons. The van der Waals surface area contributed by atoms with Gasteiger partial charge in [-0.3, -0.25) is 0 Å². The molecule has 0 spiro atoms. The molecule has 2 aliphatic rings. The lowest BCUT2D eigenvalue weighted by atomic mass is 9.81. The van der Waals surface area contributed by atoms with Gasteiger partial charge in [-0.25, -0.2) is 0 Å². The van der Waals surface area contributed by atoms with E-state index in [1.54, 1.807) is 7.11 Å². The van der Waals surface area contributed by atoms with E-state index in [0.717, 1.165) is 25.5 Å². The average Bonchev–Trinajstić information content (AvgIpc) is 2.81. The van der Waals surface area contributed by atoms with Gasteiger partial charge in [-0.15, -0.1) is 0 Å². The van der Waals surface area contributed by atoms with E-state index in [9.17, 15) is 4.79 Å². The molecule has 2 aliphatic carbocycles. The molecule has 0 N–H and O–H groups in total. The van der Waals surface area contributed by atoms with Gasteiger partial charge in [0.15, 0.2) is 0 Å². The number of rotatable bonds is 3. The van der Waals surface area contributed by atoms with Gasteiger partial charge in [0.05, 0.1) is 12.9 Å². The highest BCUT2D eigenvalue weighted by Gasteiger charge is 2.28. The largest absolute Gasteiger partial charge is 0.501 e. The van der Waals surface area contributed by atoms with Gasteiger partial charge in [0.2, 0.25) is 0 Å². The number of methoxy groups -OCH3 is 1. The monoisotopic (exact) mass is 208 g/mol. The summed E-state index contributed by atoms with van der Waals surface area (Å²) in [5.74, 6) is 2.14. The Bertz CT molecular complexity index is 262. The summed E-state index contributed by atoms with van der Waals surface area (Å²) in [7, 11) is 1.77. The Morgan fingerprint density at radius 2 is 2.00 bits per heavy atom. The standard InChI is InChI=1S/C13H20O2/c1-15-13-7-6-10(9-14)8-12(13)11-4-2-3-5-11/h9-11H,2-8H2,1H3. The van der Waals surface area contributed by atoms with Gasteiger partial charge >= 0.3 is 0 Å². The van der Waals surface area contributed by atoms with Crippen LogP contribution in [0.25, 0.3) is 0 Å². The first-order valence-electron chi connectivity index (χ1n) is 6.06. The van der Waals surface area contributed by atoms with E-state index < -0.39 is 0 Å². The third kappa shape index (κ3) is 2.24. The van der Waals surface area contributed by atoms with Gasteiger partial charge < -0.3 is 9.53 Å². The minimum absolute atomic E-state index is 0.250. The molecule has 2 rings (SSSR count). The molecule has 0 radical (unpaired) electrons. The lowest BCUT2D eigenvalue weighted by Crippen LogP contribution is -2.17.